The van der Waals surface area contributed by atoms with Crippen molar-refractivity contribution in [1.29, 1.82) is 0 Å². The van der Waals surface area contributed by atoms with Crippen LogP contribution in [0.15, 0.2) is 30.5 Å². The van der Waals surface area contributed by atoms with Gasteiger partial charge in [-0.15, -0.1) is 0 Å². The van der Waals surface area contributed by atoms with E-state index < -0.39 is 5.92 Å². The number of aryl methyl sites for hydroxylation is 2. The monoisotopic (exact) mass is 569 g/mol. The third-order valence-corrected chi connectivity index (χ3v) is 9.24. The van der Waals surface area contributed by atoms with Gasteiger partial charge >= 0.3 is 0 Å². The van der Waals surface area contributed by atoms with Crippen LogP contribution in [0, 0.1) is 25.7 Å². The van der Waals surface area contributed by atoms with Gasteiger partial charge in [-0.25, -0.2) is 13.8 Å². The highest BCUT2D eigenvalue weighted by Crippen LogP contribution is 2.37. The molecule has 1 amide bonds. The molecule has 1 saturated heterocycles. The van der Waals surface area contributed by atoms with E-state index in [-0.39, 0.29) is 36.9 Å². The SMILES string of the molecule is Cc1cc(Oc2ncc(CN3CCCC(F)(F)C3)cc2C)ccc1N(C(=O)C1CCC(C)CC1)C1CCC(O)CC1. The number of likely N-dealkylation sites (tertiary alicyclic amines) is 1. The van der Waals surface area contributed by atoms with Crippen LogP contribution in [-0.4, -0.2) is 52.1 Å². The predicted molar refractivity (Wildman–Crippen MR) is 157 cm³/mol. The Morgan fingerprint density at radius 3 is 2.46 bits per heavy atom. The lowest BCUT2D eigenvalue weighted by Crippen LogP contribution is -2.47. The molecule has 0 atom stereocenters. The first-order valence-corrected chi connectivity index (χ1v) is 15.4. The zero-order valence-corrected chi connectivity index (χ0v) is 24.7. The third kappa shape index (κ3) is 7.44. The number of rotatable bonds is 7. The zero-order valence-electron chi connectivity index (χ0n) is 24.7. The van der Waals surface area contributed by atoms with E-state index in [0.29, 0.717) is 37.1 Å². The maximum Gasteiger partial charge on any atom is 0.260 e. The molecule has 0 bridgehead atoms. The number of carbonyl (C=O) groups is 1. The molecule has 0 radical (unpaired) electrons. The summed E-state index contributed by atoms with van der Waals surface area (Å²) in [6.07, 6.45) is 9.00. The van der Waals surface area contributed by atoms with Crippen molar-refractivity contribution in [2.45, 2.75) is 110 Å². The zero-order chi connectivity index (χ0) is 29.1. The van der Waals surface area contributed by atoms with E-state index in [4.69, 9.17) is 4.74 Å². The third-order valence-electron chi connectivity index (χ3n) is 9.24. The molecule has 2 saturated carbocycles. The van der Waals surface area contributed by atoms with Crippen LogP contribution in [0.2, 0.25) is 0 Å². The summed E-state index contributed by atoms with van der Waals surface area (Å²) in [6.45, 7) is 7.10. The Kier molecular flexibility index (Phi) is 9.29. The van der Waals surface area contributed by atoms with Gasteiger partial charge < -0.3 is 14.7 Å². The maximum absolute atomic E-state index is 13.9. The van der Waals surface area contributed by atoms with Crippen molar-refractivity contribution in [2.24, 2.45) is 11.8 Å². The Morgan fingerprint density at radius 2 is 1.80 bits per heavy atom. The number of aliphatic hydroxyl groups is 1. The Bertz CT molecular complexity index is 1210. The number of piperidine rings is 1. The first-order chi connectivity index (χ1) is 19.6. The molecule has 1 aromatic carbocycles. The van der Waals surface area contributed by atoms with E-state index in [2.05, 4.69) is 11.9 Å². The normalized spacial score (nSPS) is 26.9. The summed E-state index contributed by atoms with van der Waals surface area (Å²) in [5, 5.41) is 10.1. The number of ether oxygens (including phenoxy) is 1. The van der Waals surface area contributed by atoms with Gasteiger partial charge in [-0.3, -0.25) is 9.69 Å². The summed E-state index contributed by atoms with van der Waals surface area (Å²) in [5.41, 5.74) is 3.62. The molecule has 0 unspecified atom stereocenters. The molecule has 2 aliphatic carbocycles. The van der Waals surface area contributed by atoms with Crippen LogP contribution in [0.3, 0.4) is 0 Å². The minimum atomic E-state index is -2.62. The van der Waals surface area contributed by atoms with Crippen molar-refractivity contribution in [2.75, 3.05) is 18.0 Å². The average molecular weight is 570 g/mol. The molecule has 3 fully saturated rings. The van der Waals surface area contributed by atoms with Crippen LogP contribution in [-0.2, 0) is 11.3 Å². The van der Waals surface area contributed by atoms with Gasteiger partial charge in [0.1, 0.15) is 5.75 Å². The molecule has 1 aliphatic heterocycles. The minimum Gasteiger partial charge on any atom is -0.439 e. The van der Waals surface area contributed by atoms with Gasteiger partial charge in [-0.2, -0.15) is 0 Å². The summed E-state index contributed by atoms with van der Waals surface area (Å²) in [5.74, 6) is -0.555. The van der Waals surface area contributed by atoms with Crippen LogP contribution in [0.25, 0.3) is 0 Å². The van der Waals surface area contributed by atoms with E-state index in [1.807, 2.05) is 43.0 Å². The molecule has 0 spiro atoms. The summed E-state index contributed by atoms with van der Waals surface area (Å²) < 4.78 is 33.8. The average Bonchev–Trinajstić information content (AvgIpc) is 2.92. The van der Waals surface area contributed by atoms with Crippen molar-refractivity contribution in [3.8, 4) is 11.6 Å². The van der Waals surface area contributed by atoms with Gasteiger partial charge in [0.25, 0.3) is 5.92 Å². The smallest absolute Gasteiger partial charge is 0.260 e. The number of pyridine rings is 1. The van der Waals surface area contributed by atoms with Crippen molar-refractivity contribution >= 4 is 11.6 Å². The standard InChI is InChI=1S/C33H45F2N3O3/c1-22-5-7-26(8-6-22)32(40)38(27-9-11-28(39)12-10-27)30-14-13-29(18-23(30)2)41-31-24(3)17-25(19-36-31)20-37-16-4-15-33(34,35)21-37/h13-14,17-19,22,26-28,39H,4-12,15-16,20-21H2,1-3H3. The quantitative estimate of drug-likeness (QED) is 0.383. The van der Waals surface area contributed by atoms with Gasteiger partial charge in [0.2, 0.25) is 11.8 Å². The van der Waals surface area contributed by atoms with Gasteiger partial charge in [0.15, 0.2) is 0 Å². The fraction of sp³-hybridized carbons (Fsp3) is 0.636. The summed E-state index contributed by atoms with van der Waals surface area (Å²) in [6, 6.07) is 7.89. The van der Waals surface area contributed by atoms with Crippen LogP contribution in [0.4, 0.5) is 14.5 Å². The number of carbonyl (C=O) groups excluding carboxylic acids is 1. The molecule has 2 heterocycles. The number of alkyl halides is 2. The second-order valence-corrected chi connectivity index (χ2v) is 12.8. The molecule has 6 nitrogen and oxygen atoms in total. The topological polar surface area (TPSA) is 65.9 Å². The molecule has 2 aromatic rings. The number of halogens is 2. The van der Waals surface area contributed by atoms with Crippen molar-refractivity contribution in [3.05, 3.63) is 47.2 Å². The van der Waals surface area contributed by atoms with Crippen LogP contribution >= 0.6 is 0 Å². The fourth-order valence-electron chi connectivity index (χ4n) is 6.84. The van der Waals surface area contributed by atoms with Crippen LogP contribution in [0.5, 0.6) is 11.6 Å². The number of hydrogen-bond donors (Lipinski definition) is 1. The van der Waals surface area contributed by atoms with Crippen LogP contribution < -0.4 is 9.64 Å². The molecule has 1 N–H and O–H groups in total. The molecule has 5 rings (SSSR count). The van der Waals surface area contributed by atoms with E-state index >= 15 is 0 Å². The maximum atomic E-state index is 13.9. The molecule has 41 heavy (non-hydrogen) atoms. The Balaban J connectivity index is 1.30. The van der Waals surface area contributed by atoms with Crippen molar-refractivity contribution < 1.29 is 23.4 Å². The fourth-order valence-corrected chi connectivity index (χ4v) is 6.84. The Hall–Kier alpha value is -2.58. The summed E-state index contributed by atoms with van der Waals surface area (Å²) >= 11 is 0. The number of hydrogen-bond acceptors (Lipinski definition) is 5. The lowest BCUT2D eigenvalue weighted by atomic mass is 9.81. The van der Waals surface area contributed by atoms with Crippen molar-refractivity contribution in [3.63, 3.8) is 0 Å². The first kappa shape index (κ1) is 29.9. The highest BCUT2D eigenvalue weighted by atomic mass is 19.3. The largest absolute Gasteiger partial charge is 0.439 e. The summed E-state index contributed by atoms with van der Waals surface area (Å²) in [7, 11) is 0. The number of nitrogens with zero attached hydrogens (tertiary/aromatic N) is 3. The molecule has 8 heteroatoms. The predicted octanol–water partition coefficient (Wildman–Crippen LogP) is 7.18. The van der Waals surface area contributed by atoms with E-state index in [9.17, 15) is 18.7 Å². The molecule has 224 valence electrons. The molecular weight excluding hydrogens is 524 g/mol. The number of anilines is 1. The minimum absolute atomic E-state index is 0.0404. The number of aromatic nitrogens is 1. The molecular formula is C33H45F2N3O3. The summed E-state index contributed by atoms with van der Waals surface area (Å²) in [4.78, 5) is 22.3. The number of benzene rings is 1. The highest BCUT2D eigenvalue weighted by molar-refractivity contribution is 5.96. The highest BCUT2D eigenvalue weighted by Gasteiger charge is 2.36. The van der Waals surface area contributed by atoms with E-state index in [1.165, 1.54) is 0 Å². The Morgan fingerprint density at radius 1 is 1.07 bits per heavy atom. The van der Waals surface area contributed by atoms with E-state index in [1.54, 1.807) is 11.1 Å². The Labute approximate surface area is 243 Å². The number of amides is 1. The van der Waals surface area contributed by atoms with Gasteiger partial charge in [-0.05, 0) is 119 Å². The van der Waals surface area contributed by atoms with E-state index in [0.717, 1.165) is 73.7 Å². The van der Waals surface area contributed by atoms with Gasteiger partial charge in [0.05, 0.1) is 12.6 Å². The van der Waals surface area contributed by atoms with Crippen molar-refractivity contribution in [1.82, 2.24) is 9.88 Å². The lowest BCUT2D eigenvalue weighted by molar-refractivity contribution is -0.124. The van der Waals surface area contributed by atoms with Gasteiger partial charge in [0, 0.05) is 42.4 Å². The second kappa shape index (κ2) is 12.7. The number of aliphatic hydroxyl groups excluding tert-OH is 1. The second-order valence-electron chi connectivity index (χ2n) is 12.8. The van der Waals surface area contributed by atoms with Gasteiger partial charge in [-0.1, -0.05) is 6.92 Å². The van der Waals surface area contributed by atoms with Crippen LogP contribution in [0.1, 0.15) is 87.8 Å². The first-order valence-electron chi connectivity index (χ1n) is 15.4. The molecule has 1 aromatic heterocycles. The molecule has 3 aliphatic rings. The lowest BCUT2D eigenvalue weighted by Gasteiger charge is -2.39.